The molecule has 0 bridgehead atoms. The van der Waals surface area contributed by atoms with E-state index in [1.807, 2.05) is 37.3 Å². The van der Waals surface area contributed by atoms with Gasteiger partial charge in [-0.3, -0.25) is 29.6 Å². The van der Waals surface area contributed by atoms with Gasteiger partial charge in [-0.25, -0.2) is 9.79 Å². The Bertz CT molecular complexity index is 2000. The van der Waals surface area contributed by atoms with Crippen molar-refractivity contribution in [1.29, 1.82) is 0 Å². The van der Waals surface area contributed by atoms with E-state index in [9.17, 15) is 29.8 Å². The van der Waals surface area contributed by atoms with Gasteiger partial charge in [-0.15, -0.1) is 0 Å². The highest BCUT2D eigenvalue weighted by atomic mass is 79.9. The number of benzene rings is 3. The maximum Gasteiger partial charge on any atom is 0.338 e. The first-order valence-electron chi connectivity index (χ1n) is 13.1. The van der Waals surface area contributed by atoms with Crippen LogP contribution in [-0.2, 0) is 16.1 Å². The molecule has 2 heterocycles. The molecule has 1 aliphatic heterocycles. The molecule has 0 amide bonds. The van der Waals surface area contributed by atoms with E-state index in [4.69, 9.17) is 9.47 Å². The van der Waals surface area contributed by atoms with Gasteiger partial charge in [0.05, 0.1) is 43.3 Å². The number of hydrogen-bond acceptors (Lipinski definition) is 10. The number of methoxy groups -OCH3 is 1. The minimum atomic E-state index is -0.770. The second kappa shape index (κ2) is 12.7. The molecule has 0 spiro atoms. The first-order valence-corrected chi connectivity index (χ1v) is 14.8. The predicted octanol–water partition coefficient (Wildman–Crippen LogP) is 4.96. The number of ether oxygens (including phenoxy) is 2. The first-order chi connectivity index (χ1) is 21.1. The van der Waals surface area contributed by atoms with Crippen LogP contribution in [0.2, 0.25) is 0 Å². The Morgan fingerprint density at radius 3 is 2.41 bits per heavy atom. The number of hydrogen-bond donors (Lipinski definition) is 0. The third kappa shape index (κ3) is 5.94. The number of esters is 1. The van der Waals surface area contributed by atoms with Crippen LogP contribution < -0.4 is 19.6 Å². The van der Waals surface area contributed by atoms with Crippen molar-refractivity contribution in [2.24, 2.45) is 4.99 Å². The number of aromatic nitrogens is 1. The van der Waals surface area contributed by atoms with Gasteiger partial charge in [-0.1, -0.05) is 48.6 Å². The van der Waals surface area contributed by atoms with Crippen LogP contribution in [0.1, 0.15) is 36.1 Å². The molecule has 3 aromatic carbocycles. The Balaban J connectivity index is 1.57. The van der Waals surface area contributed by atoms with E-state index in [1.165, 1.54) is 48.1 Å². The highest BCUT2D eigenvalue weighted by Crippen LogP contribution is 2.37. The van der Waals surface area contributed by atoms with Gasteiger partial charge in [0, 0.05) is 18.2 Å². The molecule has 224 valence electrons. The average molecular weight is 680 g/mol. The SMILES string of the molecule is CCC1=C(C(=O)OC)[C@H](c2ccccc2)n2c(s/c(=C/c3cc(Br)c(OCc4ccc([N+](=O)[O-])cc4)c([N+](=O)[O-])c3)c2=O)=N1. The molecule has 0 saturated heterocycles. The monoisotopic (exact) mass is 678 g/mol. The lowest BCUT2D eigenvalue weighted by Gasteiger charge is -2.25. The largest absolute Gasteiger partial charge is 0.481 e. The minimum absolute atomic E-state index is 0.0358. The second-order valence-electron chi connectivity index (χ2n) is 9.52. The number of nitro groups is 2. The number of allylic oxidation sites excluding steroid dienone is 1. The van der Waals surface area contributed by atoms with Crippen LogP contribution in [0.4, 0.5) is 11.4 Å². The quantitative estimate of drug-likeness (QED) is 0.137. The zero-order valence-electron chi connectivity index (χ0n) is 23.3. The summed E-state index contributed by atoms with van der Waals surface area (Å²) in [6.45, 7) is 1.79. The van der Waals surface area contributed by atoms with Crippen LogP contribution in [0.5, 0.6) is 5.75 Å². The normalized spacial score (nSPS) is 14.5. The van der Waals surface area contributed by atoms with Gasteiger partial charge in [-0.05, 0) is 63.3 Å². The Morgan fingerprint density at radius 1 is 1.09 bits per heavy atom. The van der Waals surface area contributed by atoms with E-state index in [0.29, 0.717) is 33.6 Å². The fourth-order valence-electron chi connectivity index (χ4n) is 4.80. The van der Waals surface area contributed by atoms with Crippen LogP contribution in [0.25, 0.3) is 6.08 Å². The fourth-order valence-corrected chi connectivity index (χ4v) is 6.40. The predicted molar refractivity (Wildman–Crippen MR) is 165 cm³/mol. The molecule has 12 nitrogen and oxygen atoms in total. The molecular weight excluding hydrogens is 656 g/mol. The van der Waals surface area contributed by atoms with Gasteiger partial charge >= 0.3 is 11.7 Å². The molecule has 14 heteroatoms. The highest BCUT2D eigenvalue weighted by molar-refractivity contribution is 9.10. The van der Waals surface area contributed by atoms with Gasteiger partial charge in [0.15, 0.2) is 4.80 Å². The number of nitrogens with zero attached hydrogens (tertiary/aromatic N) is 4. The Labute approximate surface area is 261 Å². The maximum atomic E-state index is 13.8. The number of halogens is 1. The Morgan fingerprint density at radius 2 is 1.80 bits per heavy atom. The van der Waals surface area contributed by atoms with E-state index in [1.54, 1.807) is 6.07 Å². The summed E-state index contributed by atoms with van der Waals surface area (Å²) in [6, 6.07) is 16.9. The summed E-state index contributed by atoms with van der Waals surface area (Å²) in [6.07, 6.45) is 1.95. The van der Waals surface area contributed by atoms with Crippen LogP contribution in [0, 0.1) is 20.2 Å². The third-order valence-electron chi connectivity index (χ3n) is 6.84. The molecule has 0 aliphatic carbocycles. The molecule has 5 rings (SSSR count). The van der Waals surface area contributed by atoms with Crippen LogP contribution in [0.15, 0.2) is 92.3 Å². The Hall–Kier alpha value is -4.95. The van der Waals surface area contributed by atoms with Crippen molar-refractivity contribution >= 4 is 50.7 Å². The third-order valence-corrected chi connectivity index (χ3v) is 8.41. The van der Waals surface area contributed by atoms with Crippen molar-refractivity contribution in [3.63, 3.8) is 0 Å². The number of fused-ring (bicyclic) bond motifs is 1. The topological polar surface area (TPSA) is 156 Å². The summed E-state index contributed by atoms with van der Waals surface area (Å²) < 4.78 is 12.8. The molecule has 0 N–H and O–H groups in total. The number of carbonyl (C=O) groups excluding carboxylic acids is 1. The minimum Gasteiger partial charge on any atom is -0.481 e. The van der Waals surface area contributed by atoms with Crippen molar-refractivity contribution in [3.8, 4) is 5.75 Å². The van der Waals surface area contributed by atoms with Gasteiger partial charge in [-0.2, -0.15) is 0 Å². The molecule has 0 radical (unpaired) electrons. The van der Waals surface area contributed by atoms with E-state index in [2.05, 4.69) is 20.9 Å². The molecule has 0 fully saturated rings. The van der Waals surface area contributed by atoms with Gasteiger partial charge < -0.3 is 9.47 Å². The number of carbonyl (C=O) groups is 1. The van der Waals surface area contributed by atoms with E-state index < -0.39 is 27.4 Å². The summed E-state index contributed by atoms with van der Waals surface area (Å²) >= 11 is 4.46. The van der Waals surface area contributed by atoms with Crippen molar-refractivity contribution in [2.45, 2.75) is 26.0 Å². The van der Waals surface area contributed by atoms with E-state index >= 15 is 0 Å². The summed E-state index contributed by atoms with van der Waals surface area (Å²) in [5, 5.41) is 22.9. The molecular formula is C30H23BrN4O8S. The van der Waals surface area contributed by atoms with Crippen molar-refractivity contribution in [3.05, 3.63) is 139 Å². The van der Waals surface area contributed by atoms with E-state index in [-0.39, 0.29) is 38.3 Å². The Kier molecular flexibility index (Phi) is 8.83. The molecule has 1 aromatic heterocycles. The summed E-state index contributed by atoms with van der Waals surface area (Å²) in [5.41, 5.74) is 1.57. The van der Waals surface area contributed by atoms with Crippen LogP contribution in [0.3, 0.4) is 0 Å². The fraction of sp³-hybridized carbons (Fsp3) is 0.167. The lowest BCUT2D eigenvalue weighted by molar-refractivity contribution is -0.386. The molecule has 4 aromatic rings. The van der Waals surface area contributed by atoms with Crippen molar-refractivity contribution in [1.82, 2.24) is 4.57 Å². The smallest absolute Gasteiger partial charge is 0.338 e. The molecule has 0 saturated carbocycles. The van der Waals surface area contributed by atoms with E-state index in [0.717, 1.165) is 11.3 Å². The van der Waals surface area contributed by atoms with Gasteiger partial charge in [0.2, 0.25) is 5.75 Å². The molecule has 44 heavy (non-hydrogen) atoms. The maximum absolute atomic E-state index is 13.8. The zero-order chi connectivity index (χ0) is 31.5. The first kappa shape index (κ1) is 30.5. The number of thiazole rings is 1. The lowest BCUT2D eigenvalue weighted by atomic mass is 9.95. The van der Waals surface area contributed by atoms with Crippen LogP contribution >= 0.6 is 27.3 Å². The van der Waals surface area contributed by atoms with Gasteiger partial charge in [0.25, 0.3) is 11.2 Å². The lowest BCUT2D eigenvalue weighted by Crippen LogP contribution is -2.40. The molecule has 1 atom stereocenters. The van der Waals surface area contributed by atoms with Crippen molar-refractivity contribution < 1.29 is 24.1 Å². The number of nitro benzene ring substituents is 2. The van der Waals surface area contributed by atoms with Crippen LogP contribution in [-0.4, -0.2) is 27.5 Å². The number of non-ortho nitro benzene ring substituents is 1. The highest BCUT2D eigenvalue weighted by Gasteiger charge is 2.33. The number of rotatable bonds is 9. The van der Waals surface area contributed by atoms with Crippen molar-refractivity contribution in [2.75, 3.05) is 7.11 Å². The summed E-state index contributed by atoms with van der Waals surface area (Å²) in [7, 11) is 1.28. The molecule has 1 aliphatic rings. The summed E-state index contributed by atoms with van der Waals surface area (Å²) in [5.74, 6) is -0.621. The molecule has 0 unspecified atom stereocenters. The summed E-state index contributed by atoms with van der Waals surface area (Å²) in [4.78, 5) is 53.6. The average Bonchev–Trinajstić information content (AvgIpc) is 3.33. The second-order valence-corrected chi connectivity index (χ2v) is 11.4. The zero-order valence-corrected chi connectivity index (χ0v) is 25.7. The van der Waals surface area contributed by atoms with Gasteiger partial charge in [0.1, 0.15) is 6.61 Å². The standard InChI is InChI=1S/C30H23BrN4O8S/c1-3-22-25(29(37)42-2)26(19-7-5-4-6-8-19)33-28(36)24(44-30(33)32-22)15-18-13-21(31)27(23(14-18)35(40)41)43-16-17-9-11-20(12-10-17)34(38)39/h4-15,26H,3,16H2,1-2H3/b24-15+/t26-/m0/s1.